The van der Waals surface area contributed by atoms with Crippen molar-refractivity contribution in [3.8, 4) is 11.1 Å². The van der Waals surface area contributed by atoms with Crippen molar-refractivity contribution >= 4 is 25.7 Å². The minimum atomic E-state index is -2.13. The normalized spacial score (nSPS) is 14.9. The summed E-state index contributed by atoms with van der Waals surface area (Å²) in [4.78, 5) is 0. The Morgan fingerprint density at radius 3 is 1.32 bits per heavy atom. The molecule has 0 N–H and O–H groups in total. The smallest absolute Gasteiger partial charge is 0.182 e. The Hall–Kier alpha value is -2.14. The fraction of sp³-hybridized carbons (Fsp3) is 0.538. The van der Waals surface area contributed by atoms with Gasteiger partial charge in [0.2, 0.25) is 0 Å². The van der Waals surface area contributed by atoms with E-state index >= 15 is 0 Å². The topological polar surface area (TPSA) is 52.1 Å². The lowest BCUT2D eigenvalue weighted by Gasteiger charge is -2.38. The summed E-state index contributed by atoms with van der Waals surface area (Å²) in [6.07, 6.45) is 3.50. The van der Waals surface area contributed by atoms with E-state index in [1.54, 1.807) is 12.4 Å². The van der Waals surface area contributed by atoms with E-state index in [0.717, 1.165) is 31.7 Å². The highest BCUT2D eigenvalue weighted by Crippen LogP contribution is 2.40. The van der Waals surface area contributed by atoms with E-state index in [9.17, 15) is 10.4 Å². The van der Waals surface area contributed by atoms with E-state index in [4.69, 9.17) is 0 Å². The van der Waals surface area contributed by atoms with Crippen LogP contribution in [0, 0.1) is 10.4 Å². The monoisotopic (exact) mass is 440 g/mol. The first-order valence-corrected chi connectivity index (χ1v) is 14.1. The highest BCUT2D eigenvalue weighted by molar-refractivity contribution is 6.93. The number of hydrogen-bond donors (Lipinski definition) is 0. The second-order valence-corrected chi connectivity index (χ2v) is 17.3. The summed E-state index contributed by atoms with van der Waals surface area (Å²) < 4.78 is 2.10. The minimum Gasteiger partial charge on any atom is -0.623 e. The second-order valence-electron chi connectivity index (χ2n) is 12.1. The lowest BCUT2D eigenvalue weighted by atomic mass is 10.1. The van der Waals surface area contributed by atoms with Gasteiger partial charge in [0, 0.05) is 52.7 Å². The van der Waals surface area contributed by atoms with Gasteiger partial charge in [0.05, 0.1) is 8.07 Å². The van der Waals surface area contributed by atoms with Gasteiger partial charge in [-0.05, 0) is 21.4 Å². The zero-order chi connectivity index (χ0) is 24.0. The van der Waals surface area contributed by atoms with Crippen LogP contribution in [-0.4, -0.2) is 41.1 Å². The maximum atomic E-state index is 13.1. The highest BCUT2D eigenvalue weighted by Gasteiger charge is 2.43. The van der Waals surface area contributed by atoms with E-state index in [2.05, 4.69) is 46.0 Å². The van der Waals surface area contributed by atoms with E-state index in [1.807, 2.05) is 59.7 Å². The first-order chi connectivity index (χ1) is 13.9. The molecule has 2 aliphatic carbocycles. The van der Waals surface area contributed by atoms with Crippen LogP contribution in [0.25, 0.3) is 11.1 Å². The van der Waals surface area contributed by atoms with E-state index in [-0.39, 0.29) is 5.04 Å². The molecule has 0 saturated carbocycles. The Morgan fingerprint density at radius 2 is 1.03 bits per heavy atom. The molecule has 0 atom stereocenters. The van der Waals surface area contributed by atoms with Crippen LogP contribution in [0.4, 0.5) is 0 Å². The van der Waals surface area contributed by atoms with Crippen LogP contribution in [0.2, 0.25) is 18.1 Å². The third-order valence-electron chi connectivity index (χ3n) is 6.47. The van der Waals surface area contributed by atoms with E-state index in [0.29, 0.717) is 0 Å². The van der Waals surface area contributed by atoms with E-state index in [1.165, 1.54) is 5.19 Å². The minimum absolute atomic E-state index is 0.0373. The molecule has 4 nitrogen and oxygen atoms in total. The third kappa shape index (κ3) is 5.03. The standard InChI is InChI=1S/C26H40N2O2Si/c1-24(2,3)27(29)17-21-19-15-13-12-14-16-20(19)22(18-28(30)25(4,5)6)23(21)31(10,11)26(7,8)9/h12-18H,1-11H3/b27-17-,28-18-. The van der Waals surface area contributed by atoms with Gasteiger partial charge in [-0.15, -0.1) is 0 Å². The van der Waals surface area contributed by atoms with E-state index < -0.39 is 19.2 Å². The predicted molar refractivity (Wildman–Crippen MR) is 137 cm³/mol. The molecule has 0 heterocycles. The molecular formula is C26H40N2O2Si. The molecule has 0 saturated heterocycles. The van der Waals surface area contributed by atoms with Gasteiger partial charge >= 0.3 is 0 Å². The van der Waals surface area contributed by atoms with Gasteiger partial charge in [0.15, 0.2) is 23.5 Å². The summed E-state index contributed by atoms with van der Waals surface area (Å²) in [6.45, 7) is 23.0. The van der Waals surface area contributed by atoms with Crippen LogP contribution in [-0.2, 0) is 0 Å². The van der Waals surface area contributed by atoms with Gasteiger partial charge in [-0.25, -0.2) is 9.48 Å². The summed E-state index contributed by atoms with van der Waals surface area (Å²) >= 11 is 0. The van der Waals surface area contributed by atoms with Crippen molar-refractivity contribution in [2.45, 2.75) is 91.5 Å². The Labute approximate surface area is 189 Å². The van der Waals surface area contributed by atoms with Crippen molar-refractivity contribution in [3.63, 3.8) is 0 Å². The number of fused-ring (bicyclic) bond motifs is 1. The molecule has 2 rings (SSSR count). The van der Waals surface area contributed by atoms with Crippen LogP contribution in [0.15, 0.2) is 30.3 Å². The van der Waals surface area contributed by atoms with Gasteiger partial charge in [-0.2, -0.15) is 0 Å². The molecular weight excluding hydrogens is 400 g/mol. The molecule has 0 aromatic carbocycles. The molecule has 0 aliphatic heterocycles. The first kappa shape index (κ1) is 25.1. The molecule has 0 amide bonds. The Bertz CT molecular complexity index is 919. The van der Waals surface area contributed by atoms with Crippen molar-refractivity contribution in [2.24, 2.45) is 0 Å². The molecule has 0 fully saturated rings. The average molecular weight is 441 g/mol. The van der Waals surface area contributed by atoms with Gasteiger partial charge in [-0.1, -0.05) is 64.2 Å². The van der Waals surface area contributed by atoms with Crippen molar-refractivity contribution in [1.82, 2.24) is 0 Å². The number of nitrogens with zero attached hydrogens (tertiary/aromatic N) is 2. The summed E-state index contributed by atoms with van der Waals surface area (Å²) in [5.74, 6) is 0. The SMILES string of the molecule is CC(C)(C)/[N+]([O-])=C/c1c2cccccc-2c(/C=[N+](\[O-])C(C)(C)C)c1[Si](C)(C)C(C)(C)C. The van der Waals surface area contributed by atoms with Crippen molar-refractivity contribution < 1.29 is 9.48 Å². The number of hydroxylamine groups is 2. The zero-order valence-corrected chi connectivity index (χ0v) is 22.3. The lowest BCUT2D eigenvalue weighted by Crippen LogP contribution is -2.52. The summed E-state index contributed by atoms with van der Waals surface area (Å²) in [5, 5.41) is 27.4. The largest absolute Gasteiger partial charge is 0.623 e. The van der Waals surface area contributed by atoms with Crippen LogP contribution in [0.5, 0.6) is 0 Å². The fourth-order valence-electron chi connectivity index (χ4n) is 3.37. The summed E-state index contributed by atoms with van der Waals surface area (Å²) in [5.41, 5.74) is 2.84. The van der Waals surface area contributed by atoms with Gasteiger partial charge in [0.1, 0.15) is 0 Å². The van der Waals surface area contributed by atoms with Crippen molar-refractivity contribution in [1.29, 1.82) is 0 Å². The maximum absolute atomic E-state index is 13.1. The van der Waals surface area contributed by atoms with Crippen LogP contribution in [0.1, 0.15) is 73.4 Å². The summed E-state index contributed by atoms with van der Waals surface area (Å²) in [7, 11) is -2.13. The van der Waals surface area contributed by atoms with Crippen LogP contribution < -0.4 is 5.19 Å². The lowest BCUT2D eigenvalue weighted by molar-refractivity contribution is -0.530. The molecule has 170 valence electrons. The van der Waals surface area contributed by atoms with Crippen molar-refractivity contribution in [2.75, 3.05) is 0 Å². The number of hydrogen-bond acceptors (Lipinski definition) is 2. The molecule has 0 radical (unpaired) electrons. The molecule has 0 spiro atoms. The van der Waals surface area contributed by atoms with Crippen LogP contribution >= 0.6 is 0 Å². The quantitative estimate of drug-likeness (QED) is 0.194. The number of rotatable bonds is 3. The zero-order valence-electron chi connectivity index (χ0n) is 21.3. The molecule has 2 aliphatic rings. The summed E-state index contributed by atoms with van der Waals surface area (Å²) in [6, 6.07) is 10.1. The Kier molecular flexibility index (Phi) is 6.55. The molecule has 0 aromatic rings. The highest BCUT2D eigenvalue weighted by atomic mass is 28.3. The first-order valence-electron chi connectivity index (χ1n) is 11.1. The molecule has 31 heavy (non-hydrogen) atoms. The molecule has 0 unspecified atom stereocenters. The predicted octanol–water partition coefficient (Wildman–Crippen LogP) is 5.96. The molecule has 5 heteroatoms. The molecule has 0 aromatic heterocycles. The second kappa shape index (κ2) is 8.08. The molecule has 0 bridgehead atoms. The van der Waals surface area contributed by atoms with Crippen molar-refractivity contribution in [3.05, 3.63) is 51.9 Å². The third-order valence-corrected chi connectivity index (χ3v) is 12.0. The average Bonchev–Trinajstić information content (AvgIpc) is 2.73. The maximum Gasteiger partial charge on any atom is 0.182 e. The fourth-order valence-corrected chi connectivity index (χ4v) is 5.86. The van der Waals surface area contributed by atoms with Gasteiger partial charge < -0.3 is 10.4 Å². The Balaban J connectivity index is 3.11. The van der Waals surface area contributed by atoms with Crippen LogP contribution in [0.3, 0.4) is 0 Å². The van der Waals surface area contributed by atoms with Gasteiger partial charge in [0.25, 0.3) is 0 Å². The Morgan fingerprint density at radius 1 is 0.677 bits per heavy atom. The van der Waals surface area contributed by atoms with Gasteiger partial charge in [-0.3, -0.25) is 0 Å².